The van der Waals surface area contributed by atoms with Gasteiger partial charge in [-0.3, -0.25) is 4.99 Å². The summed E-state index contributed by atoms with van der Waals surface area (Å²) < 4.78 is 4.75. The summed E-state index contributed by atoms with van der Waals surface area (Å²) in [6.45, 7) is 0. The predicted octanol–water partition coefficient (Wildman–Crippen LogP) is 12.1. The molecule has 2 heterocycles. The highest BCUT2D eigenvalue weighted by atomic mass is 15.0. The minimum Gasteiger partial charge on any atom is -0.383 e. The van der Waals surface area contributed by atoms with Gasteiger partial charge in [0.05, 0.1) is 22.1 Å². The molecular formula is C51H37N5. The van der Waals surface area contributed by atoms with E-state index in [-0.39, 0.29) is 0 Å². The lowest BCUT2D eigenvalue weighted by molar-refractivity contribution is 0.780. The van der Waals surface area contributed by atoms with Gasteiger partial charge in [0, 0.05) is 50.3 Å². The number of aliphatic imine (C=N–C) groups is 2. The van der Waals surface area contributed by atoms with Crippen molar-refractivity contribution in [3.63, 3.8) is 0 Å². The Morgan fingerprint density at radius 1 is 0.446 bits per heavy atom. The fraction of sp³-hybridized carbons (Fsp3) is 0.0196. The van der Waals surface area contributed by atoms with Crippen LogP contribution >= 0.6 is 0 Å². The van der Waals surface area contributed by atoms with Gasteiger partial charge >= 0.3 is 0 Å². The van der Waals surface area contributed by atoms with Crippen LogP contribution in [0.4, 0.5) is 0 Å². The van der Waals surface area contributed by atoms with Gasteiger partial charge in [0.1, 0.15) is 5.84 Å². The van der Waals surface area contributed by atoms with Gasteiger partial charge in [-0.2, -0.15) is 0 Å². The van der Waals surface area contributed by atoms with Gasteiger partial charge in [0.15, 0.2) is 6.17 Å². The van der Waals surface area contributed by atoms with E-state index < -0.39 is 6.17 Å². The normalized spacial score (nSPS) is 12.7. The minimum absolute atomic E-state index is 0.427. The summed E-state index contributed by atoms with van der Waals surface area (Å²) in [5.74, 6) is 0.427. The van der Waals surface area contributed by atoms with Gasteiger partial charge in [-0.05, 0) is 71.3 Å². The second kappa shape index (κ2) is 14.0. The highest BCUT2D eigenvalue weighted by molar-refractivity contribution is 6.19. The summed E-state index contributed by atoms with van der Waals surface area (Å²) in [6, 6.07) is 69.9. The molecule has 0 aliphatic heterocycles. The van der Waals surface area contributed by atoms with Crippen LogP contribution in [0.2, 0.25) is 0 Å². The Balaban J connectivity index is 1.15. The fourth-order valence-corrected chi connectivity index (χ4v) is 7.97. The first-order valence-electron chi connectivity index (χ1n) is 18.9. The largest absolute Gasteiger partial charge is 0.383 e. The molecule has 10 rings (SSSR count). The molecule has 0 spiro atoms. The number of hydrogen-bond acceptors (Lipinski definition) is 2. The van der Waals surface area contributed by atoms with Crippen molar-refractivity contribution in [1.82, 2.24) is 9.13 Å². The van der Waals surface area contributed by atoms with Gasteiger partial charge in [-0.15, -0.1) is 0 Å². The SMILES string of the molecule is N/C(=N\C(/N=C/c1ccccc1)c1cccc(-n2c3ccccc3c3cc4c5ccccc5n(-c5ccccc5)c4cc32)c1)c1cccc(-c2ccccc2)c1. The van der Waals surface area contributed by atoms with E-state index in [4.69, 9.17) is 15.7 Å². The molecule has 1 unspecified atom stereocenters. The first-order valence-corrected chi connectivity index (χ1v) is 18.9. The molecule has 56 heavy (non-hydrogen) atoms. The van der Waals surface area contributed by atoms with Crippen LogP contribution in [0.25, 0.3) is 66.1 Å². The third-order valence-electron chi connectivity index (χ3n) is 10.6. The molecule has 0 aliphatic rings. The molecule has 0 aliphatic carbocycles. The van der Waals surface area contributed by atoms with Gasteiger partial charge in [0.25, 0.3) is 0 Å². The minimum atomic E-state index is -0.587. The molecule has 1 atom stereocenters. The summed E-state index contributed by atoms with van der Waals surface area (Å²) in [5.41, 5.74) is 18.6. The Hall–Kier alpha value is -7.50. The number of aromatic nitrogens is 2. The number of amidine groups is 1. The van der Waals surface area contributed by atoms with E-state index in [1.807, 2.05) is 66.9 Å². The van der Waals surface area contributed by atoms with E-state index in [2.05, 4.69) is 149 Å². The van der Waals surface area contributed by atoms with Gasteiger partial charge in [0.2, 0.25) is 0 Å². The smallest absolute Gasteiger partial charge is 0.167 e. The number of para-hydroxylation sites is 3. The summed E-state index contributed by atoms with van der Waals surface area (Å²) in [6.07, 6.45) is 1.30. The standard InChI is InChI=1S/C51H37N5/c52-50(38-21-14-20-37(30-38)36-18-6-2-7-19-36)54-51(53-34-35-16-4-1-5-17-35)39-22-15-25-41(31-39)56-47-29-13-11-27-43(47)45-32-44-42-26-10-12-28-46(42)55(48(44)33-49(45)56)40-23-8-3-9-24-40/h1-34,51H,(H2,52,54)/b53-34+. The van der Waals surface area contributed by atoms with E-state index in [0.717, 1.165) is 55.7 Å². The Bertz CT molecular complexity index is 3080. The molecule has 8 aromatic carbocycles. The van der Waals surface area contributed by atoms with Gasteiger partial charge < -0.3 is 14.9 Å². The van der Waals surface area contributed by atoms with Crippen LogP contribution in [0.5, 0.6) is 0 Å². The molecule has 0 fully saturated rings. The zero-order chi connectivity index (χ0) is 37.4. The van der Waals surface area contributed by atoms with Crippen LogP contribution in [-0.2, 0) is 0 Å². The maximum atomic E-state index is 6.85. The van der Waals surface area contributed by atoms with Crippen molar-refractivity contribution in [2.24, 2.45) is 15.7 Å². The molecule has 0 saturated heterocycles. The third-order valence-corrected chi connectivity index (χ3v) is 10.6. The Morgan fingerprint density at radius 2 is 1.00 bits per heavy atom. The number of nitrogens with two attached hydrogens (primary N) is 1. The van der Waals surface area contributed by atoms with Crippen molar-refractivity contribution in [3.05, 3.63) is 217 Å². The van der Waals surface area contributed by atoms with Crippen molar-refractivity contribution in [2.45, 2.75) is 6.17 Å². The van der Waals surface area contributed by atoms with Crippen LogP contribution in [0.3, 0.4) is 0 Å². The molecule has 0 saturated carbocycles. The van der Waals surface area contributed by atoms with Crippen LogP contribution in [0.1, 0.15) is 22.9 Å². The third kappa shape index (κ3) is 5.92. The highest BCUT2D eigenvalue weighted by Crippen LogP contribution is 2.40. The molecule has 0 amide bonds. The summed E-state index contributed by atoms with van der Waals surface area (Å²) in [5, 5.41) is 4.86. The molecular weight excluding hydrogens is 683 g/mol. The van der Waals surface area contributed by atoms with E-state index in [9.17, 15) is 0 Å². The maximum absolute atomic E-state index is 6.85. The predicted molar refractivity (Wildman–Crippen MR) is 234 cm³/mol. The average Bonchev–Trinajstić information content (AvgIpc) is 3.77. The number of rotatable bonds is 8. The Kier molecular flexibility index (Phi) is 8.30. The van der Waals surface area contributed by atoms with Crippen LogP contribution in [0, 0.1) is 0 Å². The second-order valence-corrected chi connectivity index (χ2v) is 14.0. The van der Waals surface area contributed by atoms with Crippen LogP contribution in [0.15, 0.2) is 210 Å². The molecule has 266 valence electrons. The lowest BCUT2D eigenvalue weighted by Crippen LogP contribution is -2.15. The topological polar surface area (TPSA) is 60.6 Å². The molecule has 0 radical (unpaired) electrons. The second-order valence-electron chi connectivity index (χ2n) is 14.0. The molecule has 10 aromatic rings. The quantitative estimate of drug-likeness (QED) is 0.123. The Morgan fingerprint density at radius 3 is 1.70 bits per heavy atom. The first kappa shape index (κ1) is 33.1. The van der Waals surface area contributed by atoms with Crippen molar-refractivity contribution >= 4 is 55.7 Å². The van der Waals surface area contributed by atoms with Gasteiger partial charge in [-0.25, -0.2) is 4.99 Å². The zero-order valence-corrected chi connectivity index (χ0v) is 30.6. The van der Waals surface area contributed by atoms with E-state index in [1.54, 1.807) is 0 Å². The molecule has 2 aromatic heterocycles. The summed E-state index contributed by atoms with van der Waals surface area (Å²) >= 11 is 0. The van der Waals surface area contributed by atoms with Crippen molar-refractivity contribution < 1.29 is 0 Å². The molecule has 0 bridgehead atoms. The molecule has 2 N–H and O–H groups in total. The number of hydrogen-bond donors (Lipinski definition) is 1. The fourth-order valence-electron chi connectivity index (χ4n) is 7.97. The van der Waals surface area contributed by atoms with Crippen LogP contribution < -0.4 is 5.73 Å². The zero-order valence-electron chi connectivity index (χ0n) is 30.6. The van der Waals surface area contributed by atoms with Crippen LogP contribution in [-0.4, -0.2) is 21.2 Å². The maximum Gasteiger partial charge on any atom is 0.167 e. The number of nitrogens with zero attached hydrogens (tertiary/aromatic N) is 4. The van der Waals surface area contributed by atoms with E-state index in [1.165, 1.54) is 27.1 Å². The summed E-state index contributed by atoms with van der Waals surface area (Å²) in [7, 11) is 0. The first-order chi connectivity index (χ1) is 27.7. The lowest BCUT2D eigenvalue weighted by atomic mass is 10.0. The van der Waals surface area contributed by atoms with Crippen molar-refractivity contribution in [2.75, 3.05) is 0 Å². The van der Waals surface area contributed by atoms with Gasteiger partial charge in [-0.1, -0.05) is 146 Å². The summed E-state index contributed by atoms with van der Waals surface area (Å²) in [4.78, 5) is 10.2. The lowest BCUT2D eigenvalue weighted by Gasteiger charge is -2.14. The monoisotopic (exact) mass is 719 g/mol. The van der Waals surface area contributed by atoms with Crippen molar-refractivity contribution in [3.8, 4) is 22.5 Å². The average molecular weight is 720 g/mol. The van der Waals surface area contributed by atoms with Crippen molar-refractivity contribution in [1.29, 1.82) is 0 Å². The highest BCUT2D eigenvalue weighted by Gasteiger charge is 2.19. The number of benzene rings is 8. The number of fused-ring (bicyclic) bond motifs is 6. The Labute approximate surface area is 325 Å². The molecule has 5 nitrogen and oxygen atoms in total. The van der Waals surface area contributed by atoms with E-state index >= 15 is 0 Å². The van der Waals surface area contributed by atoms with E-state index in [0.29, 0.717) is 5.84 Å². The molecule has 5 heteroatoms.